The molecule has 88 valence electrons. The molecule has 4 nitrogen and oxygen atoms in total. The van der Waals surface area contributed by atoms with Crippen molar-refractivity contribution in [3.63, 3.8) is 0 Å². The standard InChI is InChI=1S/C12H13FN4/c1-2-5-15-12-16-8-10(13)11(17-12)9-4-3-6-14-7-9/h3-4,6-8H,2,5H2,1H3,(H,15,16,17). The van der Waals surface area contributed by atoms with Crippen LogP contribution < -0.4 is 5.32 Å². The van der Waals surface area contributed by atoms with Gasteiger partial charge in [0.2, 0.25) is 5.95 Å². The highest BCUT2D eigenvalue weighted by Crippen LogP contribution is 2.19. The quantitative estimate of drug-likeness (QED) is 0.879. The maximum atomic E-state index is 13.6. The summed E-state index contributed by atoms with van der Waals surface area (Å²) in [4.78, 5) is 12.0. The molecule has 1 N–H and O–H groups in total. The third-order valence-electron chi connectivity index (χ3n) is 2.21. The molecule has 2 heterocycles. The molecule has 2 rings (SSSR count). The van der Waals surface area contributed by atoms with E-state index >= 15 is 0 Å². The van der Waals surface area contributed by atoms with Gasteiger partial charge in [0, 0.05) is 24.5 Å². The van der Waals surface area contributed by atoms with Gasteiger partial charge in [0.25, 0.3) is 0 Å². The molecule has 0 radical (unpaired) electrons. The predicted molar refractivity (Wildman–Crippen MR) is 64.0 cm³/mol. The number of hydrogen-bond acceptors (Lipinski definition) is 4. The van der Waals surface area contributed by atoms with Crippen LogP contribution in [0, 0.1) is 5.82 Å². The number of anilines is 1. The van der Waals surface area contributed by atoms with Crippen LogP contribution in [0.2, 0.25) is 0 Å². The molecule has 2 aromatic heterocycles. The second-order valence-corrected chi connectivity index (χ2v) is 3.56. The molecule has 17 heavy (non-hydrogen) atoms. The van der Waals surface area contributed by atoms with E-state index < -0.39 is 5.82 Å². The van der Waals surface area contributed by atoms with Gasteiger partial charge in [-0.2, -0.15) is 0 Å². The molecule has 0 aliphatic heterocycles. The summed E-state index contributed by atoms with van der Waals surface area (Å²) >= 11 is 0. The van der Waals surface area contributed by atoms with Gasteiger partial charge in [-0.3, -0.25) is 4.98 Å². The zero-order chi connectivity index (χ0) is 12.1. The van der Waals surface area contributed by atoms with E-state index in [-0.39, 0.29) is 5.69 Å². The molecule has 5 heteroatoms. The van der Waals surface area contributed by atoms with E-state index in [0.717, 1.165) is 13.0 Å². The fraction of sp³-hybridized carbons (Fsp3) is 0.250. The number of pyridine rings is 1. The summed E-state index contributed by atoms with van der Waals surface area (Å²) in [5.74, 6) is -0.00727. The molecule has 0 fully saturated rings. The molecule has 0 aliphatic rings. The SMILES string of the molecule is CCCNc1ncc(F)c(-c2cccnc2)n1. The highest BCUT2D eigenvalue weighted by Gasteiger charge is 2.08. The second-order valence-electron chi connectivity index (χ2n) is 3.56. The van der Waals surface area contributed by atoms with E-state index in [1.807, 2.05) is 6.92 Å². The third-order valence-corrected chi connectivity index (χ3v) is 2.21. The van der Waals surface area contributed by atoms with Crippen LogP contribution in [0.1, 0.15) is 13.3 Å². The van der Waals surface area contributed by atoms with Crippen LogP contribution in [0.15, 0.2) is 30.7 Å². The smallest absolute Gasteiger partial charge is 0.223 e. The molecule has 2 aromatic rings. The van der Waals surface area contributed by atoms with Crippen LogP contribution in [0.3, 0.4) is 0 Å². The Kier molecular flexibility index (Phi) is 3.59. The van der Waals surface area contributed by atoms with Crippen molar-refractivity contribution in [1.82, 2.24) is 15.0 Å². The van der Waals surface area contributed by atoms with Crippen molar-refractivity contribution in [2.45, 2.75) is 13.3 Å². The van der Waals surface area contributed by atoms with Gasteiger partial charge in [-0.25, -0.2) is 14.4 Å². The van der Waals surface area contributed by atoms with Crippen LogP contribution in [0.4, 0.5) is 10.3 Å². The van der Waals surface area contributed by atoms with E-state index in [1.54, 1.807) is 24.5 Å². The van der Waals surface area contributed by atoms with Crippen molar-refractivity contribution in [2.24, 2.45) is 0 Å². The minimum absolute atomic E-state index is 0.270. The average Bonchev–Trinajstić information content (AvgIpc) is 2.39. The zero-order valence-corrected chi connectivity index (χ0v) is 9.52. The number of hydrogen-bond donors (Lipinski definition) is 1. The molecule has 0 saturated carbocycles. The van der Waals surface area contributed by atoms with Crippen molar-refractivity contribution in [1.29, 1.82) is 0 Å². The van der Waals surface area contributed by atoms with Crippen LogP contribution in [-0.4, -0.2) is 21.5 Å². The Morgan fingerprint density at radius 3 is 2.94 bits per heavy atom. The van der Waals surface area contributed by atoms with Crippen molar-refractivity contribution in [3.8, 4) is 11.3 Å². The molecular formula is C12H13FN4. The first-order valence-electron chi connectivity index (χ1n) is 5.48. The Labute approximate surface area is 99.0 Å². The van der Waals surface area contributed by atoms with E-state index in [4.69, 9.17) is 0 Å². The molecule has 0 amide bonds. The van der Waals surface area contributed by atoms with Gasteiger partial charge < -0.3 is 5.32 Å². The van der Waals surface area contributed by atoms with E-state index in [1.165, 1.54) is 6.20 Å². The highest BCUT2D eigenvalue weighted by molar-refractivity contribution is 5.59. The Bertz CT molecular complexity index is 487. The minimum atomic E-state index is -0.444. The first-order chi connectivity index (χ1) is 8.31. The van der Waals surface area contributed by atoms with Crippen molar-refractivity contribution in [3.05, 3.63) is 36.5 Å². The first kappa shape index (κ1) is 11.4. The van der Waals surface area contributed by atoms with E-state index in [0.29, 0.717) is 11.5 Å². The van der Waals surface area contributed by atoms with Gasteiger partial charge in [0.05, 0.1) is 6.20 Å². The van der Waals surface area contributed by atoms with Crippen molar-refractivity contribution < 1.29 is 4.39 Å². The molecule has 0 unspecified atom stereocenters. The van der Waals surface area contributed by atoms with Crippen molar-refractivity contribution in [2.75, 3.05) is 11.9 Å². The summed E-state index contributed by atoms with van der Waals surface area (Å²) in [6.07, 6.45) is 5.35. The summed E-state index contributed by atoms with van der Waals surface area (Å²) in [5, 5.41) is 3.02. The predicted octanol–water partition coefficient (Wildman–Crippen LogP) is 2.50. The first-order valence-corrected chi connectivity index (χ1v) is 5.48. The lowest BCUT2D eigenvalue weighted by Gasteiger charge is -2.06. The topological polar surface area (TPSA) is 50.7 Å². The Balaban J connectivity index is 2.33. The third kappa shape index (κ3) is 2.75. The van der Waals surface area contributed by atoms with Gasteiger partial charge in [-0.05, 0) is 18.6 Å². The molecule has 0 spiro atoms. The second kappa shape index (κ2) is 5.34. The zero-order valence-electron chi connectivity index (χ0n) is 9.52. The molecule has 0 saturated heterocycles. The Morgan fingerprint density at radius 1 is 1.35 bits per heavy atom. The maximum absolute atomic E-state index is 13.6. The number of rotatable bonds is 4. The summed E-state index contributed by atoms with van der Waals surface area (Å²) in [6, 6.07) is 3.51. The molecule has 0 aromatic carbocycles. The van der Waals surface area contributed by atoms with Crippen LogP contribution in [0.25, 0.3) is 11.3 Å². The maximum Gasteiger partial charge on any atom is 0.223 e. The molecule has 0 bridgehead atoms. The Morgan fingerprint density at radius 2 is 2.24 bits per heavy atom. The molecule has 0 atom stereocenters. The van der Waals surface area contributed by atoms with E-state index in [2.05, 4.69) is 20.3 Å². The number of nitrogens with zero attached hydrogens (tertiary/aromatic N) is 3. The number of nitrogens with one attached hydrogen (secondary N) is 1. The fourth-order valence-corrected chi connectivity index (χ4v) is 1.39. The van der Waals surface area contributed by atoms with Crippen LogP contribution in [-0.2, 0) is 0 Å². The summed E-state index contributed by atoms with van der Waals surface area (Å²) in [5.41, 5.74) is 0.915. The van der Waals surface area contributed by atoms with Gasteiger partial charge in [-0.15, -0.1) is 0 Å². The van der Waals surface area contributed by atoms with Gasteiger partial charge in [-0.1, -0.05) is 6.92 Å². The van der Waals surface area contributed by atoms with Crippen LogP contribution in [0.5, 0.6) is 0 Å². The minimum Gasteiger partial charge on any atom is -0.354 e. The number of halogens is 1. The lowest BCUT2D eigenvalue weighted by atomic mass is 10.2. The van der Waals surface area contributed by atoms with Gasteiger partial charge >= 0.3 is 0 Å². The summed E-state index contributed by atoms with van der Waals surface area (Å²) < 4.78 is 13.6. The fourth-order valence-electron chi connectivity index (χ4n) is 1.39. The van der Waals surface area contributed by atoms with E-state index in [9.17, 15) is 4.39 Å². The van der Waals surface area contributed by atoms with Gasteiger partial charge in [0.1, 0.15) is 5.69 Å². The lowest BCUT2D eigenvalue weighted by Crippen LogP contribution is -2.05. The normalized spacial score (nSPS) is 10.2. The summed E-state index contributed by atoms with van der Waals surface area (Å²) in [6.45, 7) is 2.80. The average molecular weight is 232 g/mol. The highest BCUT2D eigenvalue weighted by atomic mass is 19.1. The summed E-state index contributed by atoms with van der Waals surface area (Å²) in [7, 11) is 0. The van der Waals surface area contributed by atoms with Crippen LogP contribution >= 0.6 is 0 Å². The largest absolute Gasteiger partial charge is 0.354 e. The lowest BCUT2D eigenvalue weighted by molar-refractivity contribution is 0.618. The molecule has 0 aliphatic carbocycles. The molecular weight excluding hydrogens is 219 g/mol. The van der Waals surface area contributed by atoms with Crippen molar-refractivity contribution >= 4 is 5.95 Å². The number of aromatic nitrogens is 3. The monoisotopic (exact) mass is 232 g/mol. The van der Waals surface area contributed by atoms with Gasteiger partial charge in [0.15, 0.2) is 5.82 Å². The Hall–Kier alpha value is -2.04.